The molecule has 2 rings (SSSR count). The smallest absolute Gasteiger partial charge is 0.125 e. The predicted octanol–water partition coefficient (Wildman–Crippen LogP) is 4.01. The molecule has 1 saturated carbocycles. The van der Waals surface area contributed by atoms with Crippen LogP contribution in [0.4, 0.5) is 5.69 Å². The molecule has 0 bridgehead atoms. The first-order chi connectivity index (χ1) is 9.02. The van der Waals surface area contributed by atoms with Crippen LogP contribution in [0.15, 0.2) is 18.2 Å². The highest BCUT2D eigenvalue weighted by Gasteiger charge is 2.20. The van der Waals surface area contributed by atoms with Crippen molar-refractivity contribution >= 4 is 5.69 Å². The summed E-state index contributed by atoms with van der Waals surface area (Å²) in [6, 6.07) is 5.67. The van der Waals surface area contributed by atoms with Crippen molar-refractivity contribution in [2.75, 3.05) is 5.73 Å². The van der Waals surface area contributed by atoms with Crippen molar-refractivity contribution in [3.8, 4) is 11.5 Å². The Morgan fingerprint density at radius 2 is 1.89 bits per heavy atom. The first kappa shape index (κ1) is 14.0. The van der Waals surface area contributed by atoms with Gasteiger partial charge in [0.2, 0.25) is 0 Å². The molecule has 0 spiro atoms. The monoisotopic (exact) mass is 263 g/mol. The second kappa shape index (κ2) is 6.18. The minimum absolute atomic E-state index is 0.143. The number of nitrogens with two attached hydrogens (primary N) is 1. The molecule has 2 N–H and O–H groups in total. The van der Waals surface area contributed by atoms with Gasteiger partial charge in [-0.2, -0.15) is 0 Å². The highest BCUT2D eigenvalue weighted by molar-refractivity contribution is 5.50. The van der Waals surface area contributed by atoms with E-state index in [0.29, 0.717) is 11.8 Å². The van der Waals surface area contributed by atoms with Gasteiger partial charge in [0, 0.05) is 23.9 Å². The van der Waals surface area contributed by atoms with Crippen LogP contribution in [0.3, 0.4) is 0 Å². The number of anilines is 1. The van der Waals surface area contributed by atoms with Crippen LogP contribution in [0.2, 0.25) is 0 Å². The Bertz CT molecular complexity index is 417. The SMILES string of the molecule is CC1CCCC(Oc2cc(N)cc(OC(C)C)c2)C1. The lowest BCUT2D eigenvalue weighted by molar-refractivity contribution is 0.128. The van der Waals surface area contributed by atoms with E-state index in [1.165, 1.54) is 12.8 Å². The molecule has 19 heavy (non-hydrogen) atoms. The van der Waals surface area contributed by atoms with Crippen molar-refractivity contribution in [3.63, 3.8) is 0 Å². The van der Waals surface area contributed by atoms with Gasteiger partial charge in [0.15, 0.2) is 0 Å². The lowest BCUT2D eigenvalue weighted by Gasteiger charge is -2.27. The van der Waals surface area contributed by atoms with Gasteiger partial charge in [-0.05, 0) is 39.0 Å². The minimum Gasteiger partial charge on any atom is -0.491 e. The van der Waals surface area contributed by atoms with Crippen LogP contribution in [0, 0.1) is 5.92 Å². The zero-order chi connectivity index (χ0) is 13.8. The number of nitrogen functional groups attached to an aromatic ring is 1. The van der Waals surface area contributed by atoms with Crippen LogP contribution in [0.5, 0.6) is 11.5 Å². The lowest BCUT2D eigenvalue weighted by Crippen LogP contribution is -2.24. The molecule has 0 aromatic heterocycles. The molecule has 0 aliphatic heterocycles. The maximum Gasteiger partial charge on any atom is 0.125 e. The number of rotatable bonds is 4. The molecular weight excluding hydrogens is 238 g/mol. The second-order valence-electron chi connectivity index (χ2n) is 5.92. The molecule has 1 fully saturated rings. The van der Waals surface area contributed by atoms with Gasteiger partial charge in [-0.3, -0.25) is 0 Å². The van der Waals surface area contributed by atoms with Gasteiger partial charge in [0.1, 0.15) is 11.5 Å². The number of hydrogen-bond acceptors (Lipinski definition) is 3. The van der Waals surface area contributed by atoms with Gasteiger partial charge >= 0.3 is 0 Å². The van der Waals surface area contributed by atoms with Crippen molar-refractivity contribution in [3.05, 3.63) is 18.2 Å². The van der Waals surface area contributed by atoms with Crippen molar-refractivity contribution in [2.45, 2.75) is 58.7 Å². The number of hydrogen-bond donors (Lipinski definition) is 1. The average Bonchev–Trinajstić information content (AvgIpc) is 2.26. The van der Waals surface area contributed by atoms with Gasteiger partial charge in [-0.15, -0.1) is 0 Å². The van der Waals surface area contributed by atoms with Crippen LogP contribution in [0.25, 0.3) is 0 Å². The molecule has 1 aliphatic rings. The Labute approximate surface area is 116 Å². The summed E-state index contributed by atoms with van der Waals surface area (Å²) >= 11 is 0. The van der Waals surface area contributed by atoms with Crippen molar-refractivity contribution in [1.82, 2.24) is 0 Å². The quantitative estimate of drug-likeness (QED) is 0.835. The first-order valence-corrected chi connectivity index (χ1v) is 7.27. The van der Waals surface area contributed by atoms with E-state index < -0.39 is 0 Å². The fourth-order valence-corrected chi connectivity index (χ4v) is 2.68. The Hall–Kier alpha value is -1.38. The summed E-state index contributed by atoms with van der Waals surface area (Å²) in [5.41, 5.74) is 6.60. The fraction of sp³-hybridized carbons (Fsp3) is 0.625. The molecule has 0 radical (unpaired) electrons. The van der Waals surface area contributed by atoms with E-state index in [1.807, 2.05) is 32.0 Å². The standard InChI is InChI=1S/C16H25NO2/c1-11(2)18-15-8-13(17)9-16(10-15)19-14-6-4-5-12(3)7-14/h8-12,14H,4-7,17H2,1-3H3. The maximum atomic E-state index is 6.07. The molecule has 1 aliphatic carbocycles. The topological polar surface area (TPSA) is 44.5 Å². The number of benzene rings is 1. The van der Waals surface area contributed by atoms with Crippen LogP contribution in [0.1, 0.15) is 46.5 Å². The molecule has 106 valence electrons. The summed E-state index contributed by atoms with van der Waals surface area (Å²) in [5.74, 6) is 2.37. The zero-order valence-corrected chi connectivity index (χ0v) is 12.2. The first-order valence-electron chi connectivity index (χ1n) is 7.27. The molecule has 0 amide bonds. The van der Waals surface area contributed by atoms with E-state index in [2.05, 4.69) is 6.92 Å². The highest BCUT2D eigenvalue weighted by Crippen LogP contribution is 2.30. The van der Waals surface area contributed by atoms with Crippen molar-refractivity contribution in [1.29, 1.82) is 0 Å². The second-order valence-corrected chi connectivity index (χ2v) is 5.92. The third-order valence-corrected chi connectivity index (χ3v) is 3.47. The Morgan fingerprint density at radius 3 is 2.58 bits per heavy atom. The molecule has 2 atom stereocenters. The van der Waals surface area contributed by atoms with Gasteiger partial charge in [-0.1, -0.05) is 13.3 Å². The van der Waals surface area contributed by atoms with E-state index in [9.17, 15) is 0 Å². The molecule has 3 nitrogen and oxygen atoms in total. The van der Waals surface area contributed by atoms with Gasteiger partial charge in [0.05, 0.1) is 12.2 Å². The van der Waals surface area contributed by atoms with Gasteiger partial charge in [0.25, 0.3) is 0 Å². The van der Waals surface area contributed by atoms with E-state index in [-0.39, 0.29) is 6.10 Å². The molecule has 1 aromatic carbocycles. The molecule has 3 heteroatoms. The average molecular weight is 263 g/mol. The largest absolute Gasteiger partial charge is 0.491 e. The third kappa shape index (κ3) is 4.34. The summed E-state index contributed by atoms with van der Waals surface area (Å²) < 4.78 is 11.8. The summed E-state index contributed by atoms with van der Waals surface area (Å²) in [7, 11) is 0. The third-order valence-electron chi connectivity index (χ3n) is 3.47. The Balaban J connectivity index is 2.04. The molecule has 0 heterocycles. The Morgan fingerprint density at radius 1 is 1.16 bits per heavy atom. The van der Waals surface area contributed by atoms with Crippen LogP contribution in [-0.4, -0.2) is 12.2 Å². The predicted molar refractivity (Wildman–Crippen MR) is 78.7 cm³/mol. The Kier molecular flexibility index (Phi) is 4.56. The van der Waals surface area contributed by atoms with Crippen molar-refractivity contribution < 1.29 is 9.47 Å². The summed E-state index contributed by atoms with van der Waals surface area (Å²) in [6.07, 6.45) is 5.30. The van der Waals surface area contributed by atoms with E-state index in [1.54, 1.807) is 0 Å². The summed E-state index contributed by atoms with van der Waals surface area (Å²) in [5, 5.41) is 0. The maximum absolute atomic E-state index is 6.07. The fourth-order valence-electron chi connectivity index (χ4n) is 2.68. The lowest BCUT2D eigenvalue weighted by atomic mass is 9.89. The minimum atomic E-state index is 0.143. The van der Waals surface area contributed by atoms with E-state index in [4.69, 9.17) is 15.2 Å². The zero-order valence-electron chi connectivity index (χ0n) is 12.2. The summed E-state index contributed by atoms with van der Waals surface area (Å²) in [6.45, 7) is 6.31. The molecule has 1 aromatic rings. The summed E-state index contributed by atoms with van der Waals surface area (Å²) in [4.78, 5) is 0. The van der Waals surface area contributed by atoms with Gasteiger partial charge < -0.3 is 15.2 Å². The molecular formula is C16H25NO2. The molecule has 2 unspecified atom stereocenters. The van der Waals surface area contributed by atoms with E-state index >= 15 is 0 Å². The van der Waals surface area contributed by atoms with Crippen molar-refractivity contribution in [2.24, 2.45) is 5.92 Å². The van der Waals surface area contributed by atoms with Crippen LogP contribution >= 0.6 is 0 Å². The number of ether oxygens (including phenoxy) is 2. The van der Waals surface area contributed by atoms with Crippen LogP contribution in [-0.2, 0) is 0 Å². The van der Waals surface area contributed by atoms with E-state index in [0.717, 1.165) is 30.3 Å². The van der Waals surface area contributed by atoms with Gasteiger partial charge in [-0.25, -0.2) is 0 Å². The normalized spacial score (nSPS) is 23.4. The van der Waals surface area contributed by atoms with Crippen LogP contribution < -0.4 is 15.2 Å². The highest BCUT2D eigenvalue weighted by atomic mass is 16.5. The molecule has 0 saturated heterocycles.